The van der Waals surface area contributed by atoms with Crippen molar-refractivity contribution in [2.45, 2.75) is 58.3 Å². The van der Waals surface area contributed by atoms with Crippen LogP contribution in [0.5, 0.6) is 0 Å². The first-order chi connectivity index (χ1) is 18.6. The Morgan fingerprint density at radius 2 is 1.32 bits per heavy atom. The minimum absolute atomic E-state index is 0. The summed E-state index contributed by atoms with van der Waals surface area (Å²) in [6, 6.07) is 41.0. The van der Waals surface area contributed by atoms with Gasteiger partial charge in [0.1, 0.15) is 0 Å². The van der Waals surface area contributed by atoms with Gasteiger partial charge in [0, 0.05) is 17.8 Å². The molecule has 1 unspecified atom stereocenters. The Kier molecular flexibility index (Phi) is 8.91. The van der Waals surface area contributed by atoms with Crippen LogP contribution in [0.3, 0.4) is 0 Å². The molecule has 0 N–H and O–H groups in total. The van der Waals surface area contributed by atoms with Crippen molar-refractivity contribution in [2.75, 3.05) is 0 Å². The van der Waals surface area contributed by atoms with E-state index in [1.165, 1.54) is 16.7 Å². The third-order valence-electron chi connectivity index (χ3n) is 7.15. The zero-order chi connectivity index (χ0) is 27.6. The number of hydrogen-bond acceptors (Lipinski definition) is 2. The van der Waals surface area contributed by atoms with E-state index in [1.54, 1.807) is 0 Å². The molecule has 0 saturated heterocycles. The van der Waals surface area contributed by atoms with Gasteiger partial charge < -0.3 is 9.97 Å². The number of pyridine rings is 2. The average molecular weight is 704 g/mol. The van der Waals surface area contributed by atoms with E-state index in [0.717, 1.165) is 33.8 Å². The molecule has 5 rings (SSSR count). The minimum atomic E-state index is -0.0817. The van der Waals surface area contributed by atoms with Crippen LogP contribution in [0, 0.1) is 12.1 Å². The molecule has 0 radical (unpaired) electrons. The predicted octanol–water partition coefficient (Wildman–Crippen LogP) is 9.18. The van der Waals surface area contributed by atoms with Crippen LogP contribution in [-0.2, 0) is 31.9 Å². The van der Waals surface area contributed by atoms with Crippen molar-refractivity contribution in [3.05, 3.63) is 143 Å². The number of hydrogen-bond donors (Lipinski definition) is 0. The van der Waals surface area contributed by atoms with E-state index < -0.39 is 0 Å². The van der Waals surface area contributed by atoms with Gasteiger partial charge in [0.05, 0.1) is 0 Å². The van der Waals surface area contributed by atoms with Crippen molar-refractivity contribution in [1.29, 1.82) is 0 Å². The molecule has 40 heavy (non-hydrogen) atoms. The molecular weight excluding hydrogens is 667 g/mol. The van der Waals surface area contributed by atoms with Crippen LogP contribution in [0.2, 0.25) is 0 Å². The quantitative estimate of drug-likeness (QED) is 0.171. The van der Waals surface area contributed by atoms with Crippen LogP contribution < -0.4 is 0 Å². The summed E-state index contributed by atoms with van der Waals surface area (Å²) in [7, 11) is 0. The molecule has 0 aliphatic rings. The van der Waals surface area contributed by atoms with Crippen LogP contribution in [0.4, 0.5) is 0 Å². The van der Waals surface area contributed by atoms with Crippen LogP contribution >= 0.6 is 0 Å². The maximum atomic E-state index is 5.25. The van der Waals surface area contributed by atoms with Gasteiger partial charge in [0.15, 0.2) is 0 Å². The molecule has 0 aliphatic carbocycles. The number of rotatable bonds is 5. The van der Waals surface area contributed by atoms with Crippen molar-refractivity contribution in [1.82, 2.24) is 9.97 Å². The van der Waals surface area contributed by atoms with Crippen LogP contribution in [0.1, 0.15) is 75.4 Å². The zero-order valence-corrected chi connectivity index (χ0v) is 26.4. The third-order valence-corrected chi connectivity index (χ3v) is 7.15. The van der Waals surface area contributed by atoms with E-state index in [2.05, 4.69) is 138 Å². The predicted molar refractivity (Wildman–Crippen MR) is 162 cm³/mol. The van der Waals surface area contributed by atoms with Gasteiger partial charge in [0.25, 0.3) is 0 Å². The zero-order valence-electron chi connectivity index (χ0n) is 24.1. The first kappa shape index (κ1) is 29.6. The normalized spacial score (nSPS) is 12.4. The molecule has 0 aliphatic heterocycles. The summed E-state index contributed by atoms with van der Waals surface area (Å²) in [6.45, 7) is 13.5. The SMILES string of the molecule is CC(C)(C)c1cc[c-]c(-c2cccc(C(c3[c-]c(-c4ccccn4)cc(C(C)(C)C)c3)c3ccccc3)n2)c1.[Pt+2]. The van der Waals surface area contributed by atoms with E-state index in [1.807, 2.05) is 24.4 Å². The van der Waals surface area contributed by atoms with Gasteiger partial charge in [-0.1, -0.05) is 96.1 Å². The maximum absolute atomic E-state index is 5.25. The number of benzene rings is 3. The monoisotopic (exact) mass is 703 g/mol. The van der Waals surface area contributed by atoms with Gasteiger partial charge in [-0.2, -0.15) is 0 Å². The van der Waals surface area contributed by atoms with Crippen molar-refractivity contribution in [2.24, 2.45) is 0 Å². The minimum Gasteiger partial charge on any atom is -0.305 e. The summed E-state index contributed by atoms with van der Waals surface area (Å²) in [6.07, 6.45) is 1.84. The third kappa shape index (κ3) is 6.68. The van der Waals surface area contributed by atoms with Crippen molar-refractivity contribution in [3.63, 3.8) is 0 Å². The molecule has 2 nitrogen and oxygen atoms in total. The molecule has 1 atom stereocenters. The summed E-state index contributed by atoms with van der Waals surface area (Å²) in [4.78, 5) is 9.90. The fourth-order valence-electron chi connectivity index (χ4n) is 4.84. The summed E-state index contributed by atoms with van der Waals surface area (Å²) in [5, 5.41) is 0. The molecule has 204 valence electrons. The molecule has 0 fully saturated rings. The largest absolute Gasteiger partial charge is 2.00 e. The van der Waals surface area contributed by atoms with Crippen LogP contribution in [-0.4, -0.2) is 9.97 Å². The van der Waals surface area contributed by atoms with Gasteiger partial charge in [0.2, 0.25) is 0 Å². The first-order valence-corrected chi connectivity index (χ1v) is 13.6. The molecule has 5 aromatic rings. The van der Waals surface area contributed by atoms with Gasteiger partial charge in [-0.05, 0) is 39.9 Å². The summed E-state index contributed by atoms with van der Waals surface area (Å²) >= 11 is 0. The van der Waals surface area contributed by atoms with E-state index in [9.17, 15) is 0 Å². The Morgan fingerprint density at radius 3 is 2.00 bits per heavy atom. The molecule has 0 saturated carbocycles. The van der Waals surface area contributed by atoms with Crippen LogP contribution in [0.15, 0.2) is 103 Å². The van der Waals surface area contributed by atoms with Gasteiger partial charge in [-0.3, -0.25) is 0 Å². The topological polar surface area (TPSA) is 25.8 Å². The Hall–Kier alpha value is -3.35. The van der Waals surface area contributed by atoms with Crippen molar-refractivity contribution >= 4 is 0 Å². The Balaban J connectivity index is 0.00000370. The summed E-state index contributed by atoms with van der Waals surface area (Å²) < 4.78 is 0. The standard InChI is InChI=1S/C37H36N2.Pt/c1-36(2,3)30-17-12-16-27(23-30)33-19-13-20-34(39-33)35(26-14-8-7-9-15-26)29-22-28(32-18-10-11-21-38-32)24-31(25-29)37(4,5)6;/h7-15,17-21,23-25,35H,1-6H3;/q-2;+2. The molecule has 0 bridgehead atoms. The first-order valence-electron chi connectivity index (χ1n) is 13.6. The number of aromatic nitrogens is 2. The van der Waals surface area contributed by atoms with Crippen molar-refractivity contribution < 1.29 is 21.1 Å². The van der Waals surface area contributed by atoms with E-state index in [0.29, 0.717) is 0 Å². The summed E-state index contributed by atoms with van der Waals surface area (Å²) in [5.41, 5.74) is 9.67. The van der Waals surface area contributed by atoms with E-state index in [-0.39, 0.29) is 37.8 Å². The molecule has 0 amide bonds. The average Bonchev–Trinajstić information content (AvgIpc) is 2.93. The molecule has 3 heteroatoms. The Morgan fingerprint density at radius 1 is 0.650 bits per heavy atom. The van der Waals surface area contributed by atoms with Gasteiger partial charge >= 0.3 is 21.1 Å². The van der Waals surface area contributed by atoms with Gasteiger partial charge in [-0.15, -0.1) is 70.3 Å². The maximum Gasteiger partial charge on any atom is 2.00 e. The Bertz CT molecular complexity index is 1560. The molecule has 0 spiro atoms. The van der Waals surface area contributed by atoms with Gasteiger partial charge in [-0.25, -0.2) is 0 Å². The second-order valence-corrected chi connectivity index (χ2v) is 12.2. The molecular formula is C37H36N2Pt. The van der Waals surface area contributed by atoms with E-state index >= 15 is 0 Å². The molecule has 3 aromatic carbocycles. The number of nitrogens with zero attached hydrogens (tertiary/aromatic N) is 2. The fraction of sp³-hybridized carbons (Fsp3) is 0.243. The Labute approximate surface area is 254 Å². The van der Waals surface area contributed by atoms with Crippen LogP contribution in [0.25, 0.3) is 22.5 Å². The molecule has 2 aromatic heterocycles. The van der Waals surface area contributed by atoms with Crippen molar-refractivity contribution in [3.8, 4) is 22.5 Å². The van der Waals surface area contributed by atoms with E-state index in [4.69, 9.17) is 4.98 Å². The second-order valence-electron chi connectivity index (χ2n) is 12.2. The molecule has 2 heterocycles. The summed E-state index contributed by atoms with van der Waals surface area (Å²) in [5.74, 6) is -0.0817. The second kappa shape index (κ2) is 12.0. The fourth-order valence-corrected chi connectivity index (χ4v) is 4.84. The smallest absolute Gasteiger partial charge is 0.305 e.